The number of benzene rings is 1. The molecule has 0 bridgehead atoms. The van der Waals surface area contributed by atoms with Crippen molar-refractivity contribution >= 4 is 40.1 Å². The number of hydrogen-bond acceptors (Lipinski definition) is 6. The number of hydrogen-bond donors (Lipinski definition) is 2. The van der Waals surface area contributed by atoms with Gasteiger partial charge in [0.15, 0.2) is 0 Å². The van der Waals surface area contributed by atoms with Crippen molar-refractivity contribution in [1.82, 2.24) is 10.2 Å². The van der Waals surface area contributed by atoms with Crippen LogP contribution in [0.5, 0.6) is 0 Å². The summed E-state index contributed by atoms with van der Waals surface area (Å²) in [5.41, 5.74) is 1.11. The van der Waals surface area contributed by atoms with E-state index in [0.717, 1.165) is 11.5 Å². The Labute approximate surface area is 124 Å². The maximum Gasteiger partial charge on any atom is 0.354 e. The van der Waals surface area contributed by atoms with E-state index in [0.29, 0.717) is 16.2 Å². The molecular weight excluding hydrogens is 298 g/mol. The van der Waals surface area contributed by atoms with Crippen LogP contribution in [0.3, 0.4) is 0 Å². The van der Waals surface area contributed by atoms with E-state index in [4.69, 9.17) is 11.6 Å². The molecule has 0 spiro atoms. The molecule has 1 aromatic carbocycles. The lowest BCUT2D eigenvalue weighted by atomic mass is 10.2. The number of nitrogens with one attached hydrogen (secondary N) is 2. The topological polar surface area (TPSA) is 93.3 Å². The molecule has 0 atom stereocenters. The van der Waals surface area contributed by atoms with E-state index in [-0.39, 0.29) is 5.70 Å². The molecule has 0 saturated carbocycles. The molecule has 7 nitrogen and oxygen atoms in total. The van der Waals surface area contributed by atoms with E-state index in [1.165, 1.54) is 14.2 Å². The smallest absolute Gasteiger partial charge is 0.354 e. The van der Waals surface area contributed by atoms with Crippen LogP contribution in [0, 0.1) is 0 Å². The van der Waals surface area contributed by atoms with Crippen LogP contribution in [0.4, 0.5) is 5.69 Å². The summed E-state index contributed by atoms with van der Waals surface area (Å²) in [5.74, 6) is -1.39. The van der Waals surface area contributed by atoms with Crippen LogP contribution in [0.25, 0.3) is 10.9 Å². The molecule has 1 heterocycles. The van der Waals surface area contributed by atoms with Crippen molar-refractivity contribution in [2.24, 2.45) is 0 Å². The van der Waals surface area contributed by atoms with Gasteiger partial charge in [-0.3, -0.25) is 5.10 Å². The van der Waals surface area contributed by atoms with Gasteiger partial charge in [0.2, 0.25) is 0 Å². The Morgan fingerprint density at radius 3 is 2.76 bits per heavy atom. The number of rotatable bonds is 4. The Bertz CT molecular complexity index is 723. The molecule has 0 unspecified atom stereocenters. The molecule has 0 aliphatic heterocycles. The van der Waals surface area contributed by atoms with Gasteiger partial charge >= 0.3 is 11.9 Å². The zero-order chi connectivity index (χ0) is 15.4. The maximum atomic E-state index is 11.7. The first kappa shape index (κ1) is 14.9. The third kappa shape index (κ3) is 3.32. The first-order valence-corrected chi connectivity index (χ1v) is 6.20. The standard InChI is InChI=1S/C13H12ClN3O4/c1-20-12(18)5-11(13(19)21-2)16-7-3-9(14)8-6-15-17-10(8)4-7/h3-6,16H,1-2H3,(H,15,17)/b11-5+. The van der Waals surface area contributed by atoms with E-state index in [9.17, 15) is 9.59 Å². The summed E-state index contributed by atoms with van der Waals surface area (Å²) in [6.45, 7) is 0. The second-order valence-electron chi connectivity index (χ2n) is 3.99. The summed E-state index contributed by atoms with van der Waals surface area (Å²) in [7, 11) is 2.42. The number of aromatic nitrogens is 2. The molecule has 2 aromatic rings. The molecule has 21 heavy (non-hydrogen) atoms. The second-order valence-corrected chi connectivity index (χ2v) is 4.39. The Morgan fingerprint density at radius 2 is 2.10 bits per heavy atom. The lowest BCUT2D eigenvalue weighted by Gasteiger charge is -2.09. The Morgan fingerprint density at radius 1 is 1.33 bits per heavy atom. The lowest BCUT2D eigenvalue weighted by molar-refractivity contribution is -0.138. The fraction of sp³-hybridized carbons (Fsp3) is 0.154. The molecule has 2 N–H and O–H groups in total. The highest BCUT2D eigenvalue weighted by molar-refractivity contribution is 6.35. The number of aromatic amines is 1. The number of anilines is 1. The number of carbonyl (C=O) groups is 2. The highest BCUT2D eigenvalue weighted by atomic mass is 35.5. The van der Waals surface area contributed by atoms with Crippen molar-refractivity contribution in [2.45, 2.75) is 0 Å². The van der Waals surface area contributed by atoms with Gasteiger partial charge in [0.25, 0.3) is 0 Å². The fourth-order valence-electron chi connectivity index (χ4n) is 1.67. The van der Waals surface area contributed by atoms with Crippen LogP contribution in [-0.4, -0.2) is 36.4 Å². The normalized spacial score (nSPS) is 11.3. The summed E-state index contributed by atoms with van der Waals surface area (Å²) >= 11 is 6.11. The van der Waals surface area contributed by atoms with Crippen molar-refractivity contribution in [2.75, 3.05) is 19.5 Å². The molecule has 0 aliphatic rings. The average molecular weight is 310 g/mol. The second kappa shape index (κ2) is 6.27. The average Bonchev–Trinajstić information content (AvgIpc) is 2.94. The molecule has 2 rings (SSSR count). The monoisotopic (exact) mass is 309 g/mol. The van der Waals surface area contributed by atoms with Crippen molar-refractivity contribution in [3.63, 3.8) is 0 Å². The number of halogens is 1. The summed E-state index contributed by atoms with van der Waals surface area (Å²) in [4.78, 5) is 22.9. The van der Waals surface area contributed by atoms with E-state index in [2.05, 4.69) is 25.0 Å². The molecule has 110 valence electrons. The zero-order valence-electron chi connectivity index (χ0n) is 11.3. The number of fused-ring (bicyclic) bond motifs is 1. The van der Waals surface area contributed by atoms with Gasteiger partial charge < -0.3 is 14.8 Å². The highest BCUT2D eigenvalue weighted by Crippen LogP contribution is 2.27. The predicted octanol–water partition coefficient (Wildman–Crippen LogP) is 1.86. The lowest BCUT2D eigenvalue weighted by Crippen LogP contribution is -2.15. The van der Waals surface area contributed by atoms with E-state index < -0.39 is 11.9 Å². The number of ether oxygens (including phenoxy) is 2. The number of carbonyl (C=O) groups excluding carboxylic acids is 2. The zero-order valence-corrected chi connectivity index (χ0v) is 12.0. The summed E-state index contributed by atoms with van der Waals surface area (Å²) in [5, 5.41) is 10.6. The Balaban J connectivity index is 2.36. The van der Waals surface area contributed by atoms with Crippen LogP contribution >= 0.6 is 11.6 Å². The number of methoxy groups -OCH3 is 2. The van der Waals surface area contributed by atoms with Crippen molar-refractivity contribution in [1.29, 1.82) is 0 Å². The number of H-pyrrole nitrogens is 1. The quantitative estimate of drug-likeness (QED) is 0.661. The molecule has 0 amide bonds. The third-order valence-electron chi connectivity index (χ3n) is 2.66. The fourth-order valence-corrected chi connectivity index (χ4v) is 1.94. The number of esters is 2. The SMILES string of the molecule is COC(=O)/C=C(/Nc1cc(Cl)c2cn[nH]c2c1)C(=O)OC. The van der Waals surface area contributed by atoms with Crippen LogP contribution in [0.15, 0.2) is 30.1 Å². The summed E-state index contributed by atoms with van der Waals surface area (Å²) < 4.78 is 9.09. The molecule has 0 fully saturated rings. The van der Waals surface area contributed by atoms with Gasteiger partial charge in [-0.15, -0.1) is 0 Å². The first-order chi connectivity index (χ1) is 10.0. The Kier molecular flexibility index (Phi) is 4.44. The summed E-state index contributed by atoms with van der Waals surface area (Å²) in [6, 6.07) is 3.30. The van der Waals surface area contributed by atoms with Crippen molar-refractivity contribution in [3.05, 3.63) is 35.1 Å². The highest BCUT2D eigenvalue weighted by Gasteiger charge is 2.14. The van der Waals surface area contributed by atoms with Gasteiger partial charge in [-0.25, -0.2) is 9.59 Å². The van der Waals surface area contributed by atoms with E-state index >= 15 is 0 Å². The van der Waals surface area contributed by atoms with Crippen molar-refractivity contribution in [3.8, 4) is 0 Å². The molecule has 0 saturated heterocycles. The van der Waals surface area contributed by atoms with Gasteiger partial charge in [-0.2, -0.15) is 5.10 Å². The minimum Gasteiger partial charge on any atom is -0.466 e. The van der Waals surface area contributed by atoms with E-state index in [1.54, 1.807) is 18.3 Å². The predicted molar refractivity (Wildman–Crippen MR) is 76.8 cm³/mol. The van der Waals surface area contributed by atoms with Crippen molar-refractivity contribution < 1.29 is 19.1 Å². The minimum absolute atomic E-state index is 0.0701. The minimum atomic E-state index is -0.707. The molecule has 8 heteroatoms. The largest absolute Gasteiger partial charge is 0.466 e. The number of nitrogens with zero attached hydrogens (tertiary/aromatic N) is 1. The van der Waals surface area contributed by atoms with Crippen LogP contribution in [-0.2, 0) is 19.1 Å². The summed E-state index contributed by atoms with van der Waals surface area (Å²) in [6.07, 6.45) is 2.59. The molecular formula is C13H12ClN3O4. The first-order valence-electron chi connectivity index (χ1n) is 5.82. The van der Waals surface area contributed by atoms with Crippen LogP contribution < -0.4 is 5.32 Å². The van der Waals surface area contributed by atoms with E-state index in [1.807, 2.05) is 0 Å². The van der Waals surface area contributed by atoms with Gasteiger partial charge in [-0.1, -0.05) is 11.6 Å². The molecule has 0 radical (unpaired) electrons. The molecule has 0 aliphatic carbocycles. The van der Waals surface area contributed by atoms with Gasteiger partial charge in [0.1, 0.15) is 5.70 Å². The maximum absolute atomic E-state index is 11.7. The van der Waals surface area contributed by atoms with Crippen LogP contribution in [0.1, 0.15) is 0 Å². The van der Waals surface area contributed by atoms with Gasteiger partial charge in [-0.05, 0) is 12.1 Å². The molecule has 1 aromatic heterocycles. The van der Waals surface area contributed by atoms with Gasteiger partial charge in [0.05, 0.1) is 37.0 Å². The van der Waals surface area contributed by atoms with Crippen LogP contribution in [0.2, 0.25) is 5.02 Å². The Hall–Kier alpha value is -2.54. The van der Waals surface area contributed by atoms with Gasteiger partial charge in [0, 0.05) is 11.1 Å². The third-order valence-corrected chi connectivity index (χ3v) is 2.97.